The van der Waals surface area contributed by atoms with E-state index < -0.39 is 0 Å². The Morgan fingerprint density at radius 1 is 1.25 bits per heavy atom. The molecule has 106 valence electrons. The Morgan fingerprint density at radius 3 is 2.65 bits per heavy atom. The summed E-state index contributed by atoms with van der Waals surface area (Å²) in [6.45, 7) is 1.90. The van der Waals surface area contributed by atoms with E-state index in [2.05, 4.69) is 4.98 Å². The van der Waals surface area contributed by atoms with Crippen LogP contribution in [0.4, 0.5) is 4.39 Å². The zero-order chi connectivity index (χ0) is 14.5. The lowest BCUT2D eigenvalue weighted by molar-refractivity contribution is 0.397. The van der Waals surface area contributed by atoms with Crippen molar-refractivity contribution in [2.45, 2.75) is 25.8 Å². The lowest BCUT2D eigenvalue weighted by atomic mass is 9.97. The van der Waals surface area contributed by atoms with Crippen molar-refractivity contribution in [1.82, 2.24) is 4.98 Å². The fourth-order valence-electron chi connectivity index (χ4n) is 2.20. The summed E-state index contributed by atoms with van der Waals surface area (Å²) in [7, 11) is 1.59. The van der Waals surface area contributed by atoms with Gasteiger partial charge in [0.1, 0.15) is 5.82 Å². The summed E-state index contributed by atoms with van der Waals surface area (Å²) < 4.78 is 18.1. The van der Waals surface area contributed by atoms with Crippen molar-refractivity contribution in [2.75, 3.05) is 7.11 Å². The monoisotopic (exact) mass is 274 g/mol. The third kappa shape index (κ3) is 3.78. The number of aryl methyl sites for hydroxylation is 1. The Bertz CT molecular complexity index is 569. The van der Waals surface area contributed by atoms with Gasteiger partial charge in [-0.25, -0.2) is 9.37 Å². The largest absolute Gasteiger partial charge is 0.481 e. The van der Waals surface area contributed by atoms with E-state index >= 15 is 0 Å². The average molecular weight is 274 g/mol. The number of hydrogen-bond donors (Lipinski definition) is 1. The van der Waals surface area contributed by atoms with Crippen LogP contribution in [0.25, 0.3) is 0 Å². The van der Waals surface area contributed by atoms with Gasteiger partial charge in [0.25, 0.3) is 0 Å². The normalized spacial score (nSPS) is 12.2. The van der Waals surface area contributed by atoms with Gasteiger partial charge in [0.2, 0.25) is 5.88 Å². The van der Waals surface area contributed by atoms with Crippen molar-refractivity contribution < 1.29 is 9.13 Å². The summed E-state index contributed by atoms with van der Waals surface area (Å²) in [6.07, 6.45) is 3.22. The number of halogens is 1. The van der Waals surface area contributed by atoms with Crippen LogP contribution in [0.3, 0.4) is 0 Å². The Balaban J connectivity index is 1.99. The van der Waals surface area contributed by atoms with Crippen LogP contribution < -0.4 is 10.5 Å². The molecule has 0 aliphatic rings. The maximum absolute atomic E-state index is 13.1. The summed E-state index contributed by atoms with van der Waals surface area (Å²) >= 11 is 0. The molecule has 2 N–H and O–H groups in total. The summed E-state index contributed by atoms with van der Waals surface area (Å²) in [5.41, 5.74) is 9.25. The molecule has 0 fully saturated rings. The molecule has 3 nitrogen and oxygen atoms in total. The van der Waals surface area contributed by atoms with Crippen molar-refractivity contribution in [3.8, 4) is 5.88 Å². The van der Waals surface area contributed by atoms with Crippen LogP contribution in [-0.4, -0.2) is 18.1 Å². The van der Waals surface area contributed by atoms with Gasteiger partial charge in [-0.15, -0.1) is 0 Å². The number of nitrogens with two attached hydrogens (primary N) is 1. The van der Waals surface area contributed by atoms with Crippen molar-refractivity contribution in [3.63, 3.8) is 0 Å². The Kier molecular flexibility index (Phi) is 4.69. The summed E-state index contributed by atoms with van der Waals surface area (Å²) in [6, 6.07) is 8.58. The topological polar surface area (TPSA) is 48.1 Å². The van der Waals surface area contributed by atoms with Crippen molar-refractivity contribution >= 4 is 0 Å². The third-order valence-corrected chi connectivity index (χ3v) is 3.29. The molecular weight excluding hydrogens is 255 g/mol. The zero-order valence-electron chi connectivity index (χ0n) is 11.8. The molecule has 4 heteroatoms. The first kappa shape index (κ1) is 14.5. The molecule has 20 heavy (non-hydrogen) atoms. The van der Waals surface area contributed by atoms with E-state index in [9.17, 15) is 4.39 Å². The number of nitrogens with zero attached hydrogens (tertiary/aromatic N) is 1. The second-order valence-electron chi connectivity index (χ2n) is 4.95. The maximum Gasteiger partial charge on any atom is 0.212 e. The molecule has 1 aromatic carbocycles. The van der Waals surface area contributed by atoms with Crippen LogP contribution in [0.2, 0.25) is 0 Å². The maximum atomic E-state index is 13.1. The van der Waals surface area contributed by atoms with Crippen LogP contribution in [0.5, 0.6) is 5.88 Å². The van der Waals surface area contributed by atoms with E-state index in [1.807, 2.05) is 19.1 Å². The van der Waals surface area contributed by atoms with Crippen LogP contribution >= 0.6 is 0 Å². The Labute approximate surface area is 118 Å². The number of aromatic nitrogens is 1. The van der Waals surface area contributed by atoms with Crippen LogP contribution in [0, 0.1) is 12.7 Å². The van der Waals surface area contributed by atoms with Gasteiger partial charge >= 0.3 is 0 Å². The molecule has 0 bridgehead atoms. The number of pyridine rings is 1. The summed E-state index contributed by atoms with van der Waals surface area (Å²) in [5, 5.41) is 0. The van der Waals surface area contributed by atoms with E-state index in [1.54, 1.807) is 19.4 Å². The number of benzene rings is 1. The molecular formula is C16H19FN2O. The lowest BCUT2D eigenvalue weighted by Gasteiger charge is -2.13. The molecule has 0 aliphatic heterocycles. The average Bonchev–Trinajstić information content (AvgIpc) is 2.43. The van der Waals surface area contributed by atoms with Crippen molar-refractivity contribution in [2.24, 2.45) is 5.73 Å². The first-order valence-corrected chi connectivity index (χ1v) is 6.58. The molecule has 0 saturated carbocycles. The van der Waals surface area contributed by atoms with Crippen molar-refractivity contribution in [3.05, 3.63) is 59.0 Å². The van der Waals surface area contributed by atoms with E-state index in [4.69, 9.17) is 10.5 Å². The number of ether oxygens (including phenoxy) is 1. The molecule has 2 rings (SSSR count). The number of rotatable bonds is 5. The van der Waals surface area contributed by atoms with E-state index in [0.717, 1.165) is 29.5 Å². The van der Waals surface area contributed by atoms with Gasteiger partial charge < -0.3 is 10.5 Å². The lowest BCUT2D eigenvalue weighted by Crippen LogP contribution is -2.26. The van der Waals surface area contributed by atoms with Gasteiger partial charge in [0.05, 0.1) is 7.11 Å². The standard InChI is InChI=1S/C16H19FN2O/c1-11-7-14(17)5-4-13(11)9-15(18)8-12-3-6-16(20-2)19-10-12/h3-7,10,15H,8-9,18H2,1-2H3. The van der Waals surface area contributed by atoms with E-state index in [-0.39, 0.29) is 11.9 Å². The molecule has 1 atom stereocenters. The second-order valence-corrected chi connectivity index (χ2v) is 4.95. The molecule has 0 spiro atoms. The molecule has 0 amide bonds. The highest BCUT2D eigenvalue weighted by molar-refractivity contribution is 5.28. The first-order chi connectivity index (χ1) is 9.58. The van der Waals surface area contributed by atoms with E-state index in [0.29, 0.717) is 5.88 Å². The third-order valence-electron chi connectivity index (χ3n) is 3.29. The highest BCUT2D eigenvalue weighted by Crippen LogP contribution is 2.14. The molecule has 1 aromatic heterocycles. The van der Waals surface area contributed by atoms with Gasteiger partial charge in [0.15, 0.2) is 0 Å². The SMILES string of the molecule is COc1ccc(CC(N)Cc2ccc(F)cc2C)cn1. The predicted molar refractivity (Wildman–Crippen MR) is 77.3 cm³/mol. The highest BCUT2D eigenvalue weighted by Gasteiger charge is 2.08. The fraction of sp³-hybridized carbons (Fsp3) is 0.312. The molecule has 1 unspecified atom stereocenters. The molecule has 0 aliphatic carbocycles. The molecule has 0 saturated heterocycles. The quantitative estimate of drug-likeness (QED) is 0.912. The summed E-state index contributed by atoms with van der Waals surface area (Å²) in [4.78, 5) is 4.16. The predicted octanol–water partition coefficient (Wildman–Crippen LogP) is 2.65. The minimum Gasteiger partial charge on any atom is -0.481 e. The van der Waals surface area contributed by atoms with Gasteiger partial charge in [-0.2, -0.15) is 0 Å². The smallest absolute Gasteiger partial charge is 0.212 e. The van der Waals surface area contributed by atoms with Crippen molar-refractivity contribution in [1.29, 1.82) is 0 Å². The summed E-state index contributed by atoms with van der Waals surface area (Å²) in [5.74, 6) is 0.385. The van der Waals surface area contributed by atoms with Crippen LogP contribution in [-0.2, 0) is 12.8 Å². The number of hydrogen-bond acceptors (Lipinski definition) is 3. The minimum atomic E-state index is -0.209. The zero-order valence-corrected chi connectivity index (χ0v) is 11.8. The second kappa shape index (κ2) is 6.48. The van der Waals surface area contributed by atoms with Gasteiger partial charge in [-0.05, 0) is 48.6 Å². The molecule has 1 heterocycles. The molecule has 2 aromatic rings. The fourth-order valence-corrected chi connectivity index (χ4v) is 2.20. The van der Waals surface area contributed by atoms with Gasteiger partial charge in [0, 0.05) is 18.3 Å². The minimum absolute atomic E-state index is 0.0191. The Hall–Kier alpha value is -1.94. The highest BCUT2D eigenvalue weighted by atomic mass is 19.1. The van der Waals surface area contributed by atoms with Gasteiger partial charge in [-0.1, -0.05) is 12.1 Å². The van der Waals surface area contributed by atoms with E-state index in [1.165, 1.54) is 12.1 Å². The first-order valence-electron chi connectivity index (χ1n) is 6.58. The number of methoxy groups -OCH3 is 1. The molecule has 0 radical (unpaired) electrons. The Morgan fingerprint density at radius 2 is 2.05 bits per heavy atom. The van der Waals surface area contributed by atoms with Crippen LogP contribution in [0.1, 0.15) is 16.7 Å². The van der Waals surface area contributed by atoms with Gasteiger partial charge in [-0.3, -0.25) is 0 Å². The van der Waals surface area contributed by atoms with Crippen LogP contribution in [0.15, 0.2) is 36.5 Å².